The molecule has 0 aliphatic carbocycles. The van der Waals surface area contributed by atoms with Crippen LogP contribution in [0.1, 0.15) is 150 Å². The van der Waals surface area contributed by atoms with Gasteiger partial charge in [0.15, 0.2) is 0 Å². The number of rotatable bonds is 19. The van der Waals surface area contributed by atoms with E-state index in [0.717, 1.165) is 24.7 Å². The SMILES string of the molecule is CCCCC#CCCCCC(CC)CCC(CC)CCCCCCCCC. The van der Waals surface area contributed by atoms with E-state index in [1.807, 2.05) is 0 Å². The second-order valence-electron chi connectivity index (χ2n) is 8.74. The molecule has 0 heterocycles. The molecule has 0 heteroatoms. The molecule has 0 rings (SSSR count). The molecular weight excluding hydrogens is 324 g/mol. The first-order valence-corrected chi connectivity index (χ1v) is 12.7. The summed E-state index contributed by atoms with van der Waals surface area (Å²) >= 11 is 0. The van der Waals surface area contributed by atoms with Crippen molar-refractivity contribution < 1.29 is 0 Å². The first kappa shape index (κ1) is 26.6. The highest BCUT2D eigenvalue weighted by atomic mass is 14.2. The fourth-order valence-corrected chi connectivity index (χ4v) is 4.06. The molecule has 0 aromatic carbocycles. The summed E-state index contributed by atoms with van der Waals surface area (Å²) in [6, 6.07) is 0. The molecule has 0 fully saturated rings. The van der Waals surface area contributed by atoms with Crippen molar-refractivity contribution in [1.82, 2.24) is 0 Å². The molecule has 0 radical (unpaired) electrons. The second kappa shape index (κ2) is 21.9. The molecule has 0 aliphatic heterocycles. The summed E-state index contributed by atoms with van der Waals surface area (Å²) in [4.78, 5) is 0. The van der Waals surface area contributed by atoms with Crippen LogP contribution in [-0.2, 0) is 0 Å². The summed E-state index contributed by atoms with van der Waals surface area (Å²) in [5.41, 5.74) is 0. The Balaban J connectivity index is 3.71. The average Bonchev–Trinajstić information content (AvgIpc) is 2.69. The minimum atomic E-state index is 0.959. The van der Waals surface area contributed by atoms with Gasteiger partial charge in [0.05, 0.1) is 0 Å². The van der Waals surface area contributed by atoms with E-state index in [1.165, 1.54) is 109 Å². The maximum absolute atomic E-state index is 3.37. The largest absolute Gasteiger partial charge is 0.103 e. The Kier molecular flexibility index (Phi) is 21.5. The van der Waals surface area contributed by atoms with E-state index >= 15 is 0 Å². The van der Waals surface area contributed by atoms with E-state index in [0.29, 0.717) is 0 Å². The van der Waals surface area contributed by atoms with E-state index in [9.17, 15) is 0 Å². The van der Waals surface area contributed by atoms with Gasteiger partial charge in [0.25, 0.3) is 0 Å². The van der Waals surface area contributed by atoms with Crippen molar-refractivity contribution >= 4 is 0 Å². The van der Waals surface area contributed by atoms with Gasteiger partial charge in [-0.25, -0.2) is 0 Å². The van der Waals surface area contributed by atoms with Crippen molar-refractivity contribution in [3.05, 3.63) is 0 Å². The molecule has 0 aromatic heterocycles. The predicted octanol–water partition coefficient (Wildman–Crippen LogP) is 9.71. The summed E-state index contributed by atoms with van der Waals surface area (Å²) in [5, 5.41) is 0. The Morgan fingerprint density at radius 1 is 0.444 bits per heavy atom. The first-order chi connectivity index (χ1) is 13.3. The Labute approximate surface area is 173 Å². The second-order valence-corrected chi connectivity index (χ2v) is 8.74. The van der Waals surface area contributed by atoms with Crippen LogP contribution in [0.15, 0.2) is 0 Å². The topological polar surface area (TPSA) is 0 Å². The van der Waals surface area contributed by atoms with E-state index in [-0.39, 0.29) is 0 Å². The molecule has 0 saturated heterocycles. The van der Waals surface area contributed by atoms with Crippen LogP contribution in [0.2, 0.25) is 0 Å². The summed E-state index contributed by atoms with van der Waals surface area (Å²) in [7, 11) is 0. The van der Waals surface area contributed by atoms with Crippen molar-refractivity contribution in [2.45, 2.75) is 150 Å². The lowest BCUT2D eigenvalue weighted by Crippen LogP contribution is -2.05. The number of hydrogen-bond acceptors (Lipinski definition) is 0. The molecule has 2 unspecified atom stereocenters. The smallest absolute Gasteiger partial charge is 0.00886 e. The standard InChI is InChI=1S/C27H52/c1-5-9-11-13-15-17-19-21-23-27(8-4)25-24-26(7-3)22-20-18-16-14-12-10-6-2/h26-27H,5-12,14,16-25H2,1-4H3. The molecular formula is C27H52. The van der Waals surface area contributed by atoms with E-state index in [2.05, 4.69) is 39.5 Å². The average molecular weight is 377 g/mol. The molecule has 160 valence electrons. The summed E-state index contributed by atoms with van der Waals surface area (Å²) in [6.45, 7) is 9.35. The van der Waals surface area contributed by atoms with Crippen molar-refractivity contribution in [2.75, 3.05) is 0 Å². The molecule has 0 saturated carbocycles. The van der Waals surface area contributed by atoms with E-state index in [4.69, 9.17) is 0 Å². The lowest BCUT2D eigenvalue weighted by Gasteiger charge is -2.19. The van der Waals surface area contributed by atoms with Gasteiger partial charge < -0.3 is 0 Å². The Bertz CT molecular complexity index is 332. The zero-order valence-electron chi connectivity index (χ0n) is 19.6. The quantitative estimate of drug-likeness (QED) is 0.155. The van der Waals surface area contributed by atoms with Gasteiger partial charge in [0.1, 0.15) is 0 Å². The van der Waals surface area contributed by atoms with Gasteiger partial charge in [0.2, 0.25) is 0 Å². The van der Waals surface area contributed by atoms with Crippen LogP contribution < -0.4 is 0 Å². The van der Waals surface area contributed by atoms with Gasteiger partial charge in [-0.05, 0) is 24.7 Å². The summed E-state index contributed by atoms with van der Waals surface area (Å²) in [6.07, 6.45) is 26.2. The fraction of sp³-hybridized carbons (Fsp3) is 0.926. The molecule has 0 amide bonds. The van der Waals surface area contributed by atoms with Gasteiger partial charge >= 0.3 is 0 Å². The van der Waals surface area contributed by atoms with Crippen LogP contribution in [0.5, 0.6) is 0 Å². The molecule has 0 bridgehead atoms. The third-order valence-corrected chi connectivity index (χ3v) is 6.30. The Morgan fingerprint density at radius 3 is 1.41 bits per heavy atom. The van der Waals surface area contributed by atoms with Crippen molar-refractivity contribution in [2.24, 2.45) is 11.8 Å². The van der Waals surface area contributed by atoms with Gasteiger partial charge in [-0.1, -0.05) is 124 Å². The van der Waals surface area contributed by atoms with Crippen molar-refractivity contribution in [3.63, 3.8) is 0 Å². The third-order valence-electron chi connectivity index (χ3n) is 6.30. The maximum Gasteiger partial charge on any atom is 0.00886 e. The van der Waals surface area contributed by atoms with Crippen LogP contribution in [0, 0.1) is 23.7 Å². The van der Waals surface area contributed by atoms with Crippen LogP contribution >= 0.6 is 0 Å². The highest BCUT2D eigenvalue weighted by molar-refractivity contribution is 4.98. The number of hydrogen-bond donors (Lipinski definition) is 0. The van der Waals surface area contributed by atoms with Crippen LogP contribution in [0.3, 0.4) is 0 Å². The van der Waals surface area contributed by atoms with Gasteiger partial charge in [-0.2, -0.15) is 0 Å². The number of unbranched alkanes of at least 4 members (excludes halogenated alkanes) is 10. The third kappa shape index (κ3) is 18.7. The summed E-state index contributed by atoms with van der Waals surface area (Å²) < 4.78 is 0. The van der Waals surface area contributed by atoms with Crippen LogP contribution in [0.4, 0.5) is 0 Å². The Morgan fingerprint density at radius 2 is 0.889 bits per heavy atom. The molecule has 0 aromatic rings. The predicted molar refractivity (Wildman–Crippen MR) is 125 cm³/mol. The lowest BCUT2D eigenvalue weighted by atomic mass is 9.87. The maximum atomic E-state index is 3.37. The Hall–Kier alpha value is -0.440. The molecule has 0 nitrogen and oxygen atoms in total. The minimum Gasteiger partial charge on any atom is -0.103 e. The molecule has 0 N–H and O–H groups in total. The van der Waals surface area contributed by atoms with Gasteiger partial charge in [-0.3, -0.25) is 0 Å². The van der Waals surface area contributed by atoms with Crippen molar-refractivity contribution in [1.29, 1.82) is 0 Å². The zero-order chi connectivity index (χ0) is 20.0. The first-order valence-electron chi connectivity index (χ1n) is 12.7. The monoisotopic (exact) mass is 376 g/mol. The summed E-state index contributed by atoms with van der Waals surface area (Å²) in [5.74, 6) is 8.64. The molecule has 27 heavy (non-hydrogen) atoms. The van der Waals surface area contributed by atoms with Crippen molar-refractivity contribution in [3.8, 4) is 11.8 Å². The van der Waals surface area contributed by atoms with E-state index < -0.39 is 0 Å². The van der Waals surface area contributed by atoms with Gasteiger partial charge in [0, 0.05) is 12.8 Å². The molecule has 2 atom stereocenters. The van der Waals surface area contributed by atoms with E-state index in [1.54, 1.807) is 0 Å². The zero-order valence-corrected chi connectivity index (χ0v) is 19.6. The van der Waals surface area contributed by atoms with Crippen LogP contribution in [-0.4, -0.2) is 0 Å². The molecule has 0 spiro atoms. The van der Waals surface area contributed by atoms with Crippen LogP contribution in [0.25, 0.3) is 0 Å². The normalized spacial score (nSPS) is 13.2. The fourth-order valence-electron chi connectivity index (χ4n) is 4.06. The van der Waals surface area contributed by atoms with Gasteiger partial charge in [-0.15, -0.1) is 11.8 Å². The minimum absolute atomic E-state index is 0.959. The highest BCUT2D eigenvalue weighted by Gasteiger charge is 2.11. The lowest BCUT2D eigenvalue weighted by molar-refractivity contribution is 0.335. The highest BCUT2D eigenvalue weighted by Crippen LogP contribution is 2.26. The molecule has 0 aliphatic rings.